The van der Waals surface area contributed by atoms with Crippen molar-refractivity contribution in [3.63, 3.8) is 0 Å². The molecule has 0 saturated heterocycles. The van der Waals surface area contributed by atoms with Crippen molar-refractivity contribution < 1.29 is 14.5 Å². The Hall–Kier alpha value is -1.62. The summed E-state index contributed by atoms with van der Waals surface area (Å²) >= 11 is 11.6. The number of amides is 1. The Balaban J connectivity index is 1.89. The molecule has 0 spiro atoms. The Bertz CT molecular complexity index is 662. The van der Waals surface area contributed by atoms with Crippen LogP contribution in [0.2, 0.25) is 10.0 Å². The highest BCUT2D eigenvalue weighted by atomic mass is 35.5. The molecule has 3 nitrogen and oxygen atoms in total. The van der Waals surface area contributed by atoms with Gasteiger partial charge in [-0.25, -0.2) is 4.39 Å². The van der Waals surface area contributed by atoms with Crippen molar-refractivity contribution in [2.24, 2.45) is 0 Å². The number of nitrogens with one attached hydrogen (secondary N) is 1. The maximum Gasteiger partial charge on any atom is 0.279 e. The van der Waals surface area contributed by atoms with Crippen molar-refractivity contribution in [2.45, 2.75) is 13.0 Å². The predicted octanol–water partition coefficient (Wildman–Crippen LogP) is 3.40. The number of quaternary nitrogens is 1. The smallest absolute Gasteiger partial charge is 0.279 e. The second-order valence-corrected chi connectivity index (χ2v) is 5.83. The van der Waals surface area contributed by atoms with Crippen LogP contribution in [0.4, 0.5) is 10.1 Å². The highest BCUT2D eigenvalue weighted by molar-refractivity contribution is 6.31. The Labute approximate surface area is 138 Å². The van der Waals surface area contributed by atoms with Crippen molar-refractivity contribution in [3.05, 3.63) is 63.9 Å². The molecule has 0 radical (unpaired) electrons. The summed E-state index contributed by atoms with van der Waals surface area (Å²) in [5.41, 5.74) is 1.15. The summed E-state index contributed by atoms with van der Waals surface area (Å²) in [5, 5.41) is 5.42. The lowest BCUT2D eigenvalue weighted by Crippen LogP contribution is -2.86. The normalized spacial score (nSPS) is 12.0. The number of carbonyl (C=O) groups excluding carboxylic acids is 1. The maximum absolute atomic E-state index is 13.5. The van der Waals surface area contributed by atoms with E-state index in [4.69, 9.17) is 23.2 Å². The molecule has 0 aromatic heterocycles. The lowest BCUT2D eigenvalue weighted by atomic mass is 10.1. The second kappa shape index (κ2) is 7.58. The minimum Gasteiger partial charge on any atom is -0.333 e. The molecule has 1 atom stereocenters. The largest absolute Gasteiger partial charge is 0.333 e. The van der Waals surface area contributed by atoms with Gasteiger partial charge in [0.25, 0.3) is 5.91 Å². The van der Waals surface area contributed by atoms with Gasteiger partial charge >= 0.3 is 0 Å². The van der Waals surface area contributed by atoms with E-state index in [9.17, 15) is 9.18 Å². The second-order valence-electron chi connectivity index (χ2n) is 4.95. The number of hydrogen-bond acceptors (Lipinski definition) is 1. The van der Waals surface area contributed by atoms with Gasteiger partial charge in [-0.3, -0.25) is 4.79 Å². The zero-order valence-electron chi connectivity index (χ0n) is 11.9. The van der Waals surface area contributed by atoms with Gasteiger partial charge in [-0.15, -0.1) is 0 Å². The topological polar surface area (TPSA) is 45.7 Å². The predicted molar refractivity (Wildman–Crippen MR) is 86.7 cm³/mol. The van der Waals surface area contributed by atoms with Crippen LogP contribution in [0.5, 0.6) is 0 Å². The van der Waals surface area contributed by atoms with Crippen molar-refractivity contribution in [2.75, 3.05) is 11.9 Å². The van der Waals surface area contributed by atoms with E-state index in [-0.39, 0.29) is 24.2 Å². The van der Waals surface area contributed by atoms with Gasteiger partial charge in [-0.2, -0.15) is 0 Å². The first kappa shape index (κ1) is 16.7. The van der Waals surface area contributed by atoms with Gasteiger partial charge in [0.2, 0.25) is 0 Å². The summed E-state index contributed by atoms with van der Waals surface area (Å²) in [6.07, 6.45) is 0. The number of benzene rings is 2. The zero-order valence-corrected chi connectivity index (χ0v) is 13.5. The first-order valence-corrected chi connectivity index (χ1v) is 7.55. The summed E-state index contributed by atoms with van der Waals surface area (Å²) in [7, 11) is 0. The monoisotopic (exact) mass is 341 g/mol. The third kappa shape index (κ3) is 4.70. The average Bonchev–Trinajstić information content (AvgIpc) is 2.49. The first-order chi connectivity index (χ1) is 10.5. The number of carbonyl (C=O) groups is 1. The average molecular weight is 342 g/mol. The van der Waals surface area contributed by atoms with Crippen LogP contribution in [0, 0.1) is 5.82 Å². The summed E-state index contributed by atoms with van der Waals surface area (Å²) in [6, 6.07) is 11.6. The van der Waals surface area contributed by atoms with E-state index in [1.165, 1.54) is 18.2 Å². The van der Waals surface area contributed by atoms with Crippen LogP contribution in [0.15, 0.2) is 42.5 Å². The molecular weight excluding hydrogens is 326 g/mol. The SMILES string of the molecule is C[C@@H]([NH2+]CC(=O)Nc1cc(Cl)ccc1F)c1ccc(Cl)cc1. The first-order valence-electron chi connectivity index (χ1n) is 6.79. The van der Waals surface area contributed by atoms with Crippen molar-refractivity contribution in [1.29, 1.82) is 0 Å². The van der Waals surface area contributed by atoms with Crippen LogP contribution in [0.1, 0.15) is 18.5 Å². The molecule has 0 aliphatic rings. The van der Waals surface area contributed by atoms with Gasteiger partial charge < -0.3 is 10.6 Å². The van der Waals surface area contributed by atoms with Crippen LogP contribution in [0.3, 0.4) is 0 Å². The molecule has 0 aliphatic heterocycles. The zero-order chi connectivity index (χ0) is 16.1. The van der Waals surface area contributed by atoms with E-state index < -0.39 is 5.82 Å². The Morgan fingerprint density at radius 2 is 1.82 bits per heavy atom. The molecule has 0 saturated carbocycles. The Morgan fingerprint density at radius 3 is 2.50 bits per heavy atom. The van der Waals surface area contributed by atoms with Gasteiger partial charge in [0.1, 0.15) is 11.9 Å². The molecule has 116 valence electrons. The number of rotatable bonds is 5. The number of anilines is 1. The fraction of sp³-hybridized carbons (Fsp3) is 0.188. The van der Waals surface area contributed by atoms with Crippen molar-refractivity contribution >= 4 is 34.8 Å². The number of halogens is 3. The third-order valence-corrected chi connectivity index (χ3v) is 3.74. The number of nitrogens with two attached hydrogens (primary N) is 1. The molecule has 0 heterocycles. The molecule has 2 aromatic carbocycles. The Morgan fingerprint density at radius 1 is 1.18 bits per heavy atom. The van der Waals surface area contributed by atoms with Gasteiger partial charge in [0.05, 0.1) is 5.69 Å². The van der Waals surface area contributed by atoms with Crippen LogP contribution in [0.25, 0.3) is 0 Å². The van der Waals surface area contributed by atoms with Crippen LogP contribution < -0.4 is 10.6 Å². The molecule has 2 rings (SSSR count). The third-order valence-electron chi connectivity index (χ3n) is 3.26. The minimum absolute atomic E-state index is 0.0880. The molecule has 2 aromatic rings. The van der Waals surface area contributed by atoms with E-state index >= 15 is 0 Å². The summed E-state index contributed by atoms with van der Waals surface area (Å²) < 4.78 is 13.5. The van der Waals surface area contributed by atoms with Gasteiger partial charge in [-0.1, -0.05) is 35.3 Å². The standard InChI is InChI=1S/C16H15Cl2FN2O/c1-10(11-2-4-12(17)5-3-11)20-9-16(22)21-15-8-13(18)6-7-14(15)19/h2-8,10,20H,9H2,1H3,(H,21,22)/p+1/t10-/m1/s1. The molecule has 0 unspecified atom stereocenters. The fourth-order valence-electron chi connectivity index (χ4n) is 1.98. The van der Waals surface area contributed by atoms with Gasteiger partial charge in [-0.05, 0) is 37.3 Å². The molecule has 22 heavy (non-hydrogen) atoms. The van der Waals surface area contributed by atoms with Crippen LogP contribution in [-0.2, 0) is 4.79 Å². The van der Waals surface area contributed by atoms with E-state index in [2.05, 4.69) is 5.32 Å². The van der Waals surface area contributed by atoms with Gasteiger partial charge in [0, 0.05) is 15.6 Å². The highest BCUT2D eigenvalue weighted by Gasteiger charge is 2.13. The molecule has 1 amide bonds. The fourth-order valence-corrected chi connectivity index (χ4v) is 2.28. The van der Waals surface area contributed by atoms with Crippen molar-refractivity contribution in [1.82, 2.24) is 0 Å². The lowest BCUT2D eigenvalue weighted by Gasteiger charge is -2.11. The van der Waals surface area contributed by atoms with E-state index in [0.29, 0.717) is 10.0 Å². The highest BCUT2D eigenvalue weighted by Crippen LogP contribution is 2.19. The van der Waals surface area contributed by atoms with Crippen LogP contribution in [-0.4, -0.2) is 12.5 Å². The molecule has 0 bridgehead atoms. The molecule has 3 N–H and O–H groups in total. The minimum atomic E-state index is -0.511. The maximum atomic E-state index is 13.5. The van der Waals surface area contributed by atoms with Gasteiger partial charge in [0.15, 0.2) is 6.54 Å². The number of hydrogen-bond donors (Lipinski definition) is 2. The Kier molecular flexibility index (Phi) is 5.77. The lowest BCUT2D eigenvalue weighted by molar-refractivity contribution is -0.682. The van der Waals surface area contributed by atoms with Crippen molar-refractivity contribution in [3.8, 4) is 0 Å². The summed E-state index contributed by atoms with van der Waals surface area (Å²) in [5.74, 6) is -0.800. The van der Waals surface area contributed by atoms with E-state index in [1.54, 1.807) is 0 Å². The molecule has 0 fully saturated rings. The molecule has 6 heteroatoms. The quantitative estimate of drug-likeness (QED) is 0.860. The van der Waals surface area contributed by atoms with E-state index in [0.717, 1.165) is 5.56 Å². The molecule has 0 aliphatic carbocycles. The summed E-state index contributed by atoms with van der Waals surface area (Å²) in [4.78, 5) is 11.9. The van der Waals surface area contributed by atoms with Crippen LogP contribution >= 0.6 is 23.2 Å². The molecular formula is C16H16Cl2FN2O+. The van der Waals surface area contributed by atoms with E-state index in [1.807, 2.05) is 36.5 Å². The summed E-state index contributed by atoms with van der Waals surface area (Å²) in [6.45, 7) is 2.16.